The molecule has 0 rings (SSSR count). The molecule has 1 atom stereocenters. The van der Waals surface area contributed by atoms with Gasteiger partial charge in [-0.3, -0.25) is 9.59 Å². The molecule has 0 spiro atoms. The van der Waals surface area contributed by atoms with Gasteiger partial charge in [0, 0.05) is 0 Å². The molecule has 0 bridgehead atoms. The van der Waals surface area contributed by atoms with Crippen molar-refractivity contribution in [1.29, 1.82) is 0 Å². The van der Waals surface area contributed by atoms with E-state index in [4.69, 9.17) is 9.47 Å². The van der Waals surface area contributed by atoms with Gasteiger partial charge in [-0.05, 0) is 20.3 Å². The summed E-state index contributed by atoms with van der Waals surface area (Å²) in [6, 6.07) is 0. The lowest BCUT2D eigenvalue weighted by molar-refractivity contribution is -0.163. The molecule has 0 aliphatic heterocycles. The van der Waals surface area contributed by atoms with Crippen LogP contribution >= 0.6 is 0 Å². The number of hydrogen-bond donors (Lipinski definition) is 0. The lowest BCUT2D eigenvalue weighted by Gasteiger charge is -2.22. The van der Waals surface area contributed by atoms with Crippen LogP contribution in [0.2, 0.25) is 0 Å². The molecule has 5 nitrogen and oxygen atoms in total. The topological polar surface area (TPSA) is 69.7 Å². The Balaban J connectivity index is 4.74. The van der Waals surface area contributed by atoms with E-state index in [0.29, 0.717) is 6.29 Å². The molecule has 1 unspecified atom stereocenters. The maximum atomic E-state index is 11.6. The van der Waals surface area contributed by atoms with Crippen molar-refractivity contribution in [2.45, 2.75) is 33.6 Å². The van der Waals surface area contributed by atoms with Crippen LogP contribution in [0.3, 0.4) is 0 Å². The van der Waals surface area contributed by atoms with Gasteiger partial charge in [0.05, 0.1) is 19.6 Å². The van der Waals surface area contributed by atoms with Crippen molar-refractivity contribution in [3.05, 3.63) is 0 Å². The van der Waals surface area contributed by atoms with Gasteiger partial charge in [0.1, 0.15) is 11.7 Å². The Morgan fingerprint density at radius 1 is 1.12 bits per heavy atom. The van der Waals surface area contributed by atoms with E-state index in [1.807, 2.05) is 0 Å². The number of rotatable bonds is 7. The largest absolute Gasteiger partial charge is 0.466 e. The van der Waals surface area contributed by atoms with E-state index in [9.17, 15) is 14.4 Å². The number of carbonyl (C=O) groups excluding carboxylic acids is 3. The van der Waals surface area contributed by atoms with Gasteiger partial charge in [-0.15, -0.1) is 0 Å². The smallest absolute Gasteiger partial charge is 0.319 e. The van der Waals surface area contributed by atoms with Crippen LogP contribution in [0.4, 0.5) is 0 Å². The summed E-state index contributed by atoms with van der Waals surface area (Å²) in [5.74, 6) is -1.23. The fourth-order valence-electron chi connectivity index (χ4n) is 1.26. The molecular formula is C11H18O5. The number of carbonyl (C=O) groups is 3. The Morgan fingerprint density at radius 3 is 2.06 bits per heavy atom. The molecule has 0 radical (unpaired) electrons. The maximum absolute atomic E-state index is 11.6. The molecule has 0 aromatic heterocycles. The first-order valence-corrected chi connectivity index (χ1v) is 5.35. The monoisotopic (exact) mass is 230 g/mol. The van der Waals surface area contributed by atoms with Gasteiger partial charge >= 0.3 is 11.9 Å². The van der Waals surface area contributed by atoms with Gasteiger partial charge in [0.15, 0.2) is 0 Å². The van der Waals surface area contributed by atoms with E-state index in [-0.39, 0.29) is 26.1 Å². The third kappa shape index (κ3) is 3.64. The maximum Gasteiger partial charge on any atom is 0.319 e. The molecular weight excluding hydrogens is 212 g/mol. The lowest BCUT2D eigenvalue weighted by Crippen LogP contribution is -2.36. The molecule has 0 aliphatic carbocycles. The second-order valence-corrected chi connectivity index (χ2v) is 3.33. The minimum absolute atomic E-state index is 0.178. The quantitative estimate of drug-likeness (QED) is 0.372. The average molecular weight is 230 g/mol. The van der Waals surface area contributed by atoms with Crippen molar-refractivity contribution in [2.75, 3.05) is 13.2 Å². The molecule has 92 valence electrons. The highest BCUT2D eigenvalue weighted by molar-refractivity contribution is 5.97. The van der Waals surface area contributed by atoms with Crippen LogP contribution in [0.5, 0.6) is 0 Å². The number of ether oxygens (including phenoxy) is 2. The number of esters is 2. The molecule has 0 N–H and O–H groups in total. The van der Waals surface area contributed by atoms with Gasteiger partial charge in [-0.2, -0.15) is 0 Å². The zero-order valence-electron chi connectivity index (χ0n) is 9.95. The minimum atomic E-state index is -1.40. The molecule has 16 heavy (non-hydrogen) atoms. The van der Waals surface area contributed by atoms with Crippen LogP contribution in [0.15, 0.2) is 0 Å². The first kappa shape index (κ1) is 14.6. The Bertz CT molecular complexity index is 261. The van der Waals surface area contributed by atoms with Crippen LogP contribution in [-0.2, 0) is 23.9 Å². The summed E-state index contributed by atoms with van der Waals surface area (Å²) in [4.78, 5) is 33.9. The fraction of sp³-hybridized carbons (Fsp3) is 0.727. The highest BCUT2D eigenvalue weighted by Crippen LogP contribution is 2.26. The van der Waals surface area contributed by atoms with Crippen molar-refractivity contribution in [3.63, 3.8) is 0 Å². The highest BCUT2D eigenvalue weighted by atomic mass is 16.5. The van der Waals surface area contributed by atoms with Crippen molar-refractivity contribution in [1.82, 2.24) is 0 Å². The van der Waals surface area contributed by atoms with Crippen molar-refractivity contribution >= 4 is 18.2 Å². The van der Waals surface area contributed by atoms with Gasteiger partial charge in [0.2, 0.25) is 0 Å². The minimum Gasteiger partial charge on any atom is -0.466 e. The third-order valence-electron chi connectivity index (χ3n) is 2.30. The summed E-state index contributed by atoms with van der Waals surface area (Å²) in [5.41, 5.74) is -1.40. The standard InChI is InChI=1S/C11H18O5/c1-4-11(8-12,10(14)16-6-3)7-9(13)15-5-2/h8H,4-7H2,1-3H3. The summed E-state index contributed by atoms with van der Waals surface area (Å²) in [5, 5.41) is 0. The number of aldehydes is 1. The highest BCUT2D eigenvalue weighted by Gasteiger charge is 2.40. The normalized spacial score (nSPS) is 13.7. The van der Waals surface area contributed by atoms with Crippen molar-refractivity contribution in [2.24, 2.45) is 5.41 Å². The van der Waals surface area contributed by atoms with Crippen LogP contribution in [0.25, 0.3) is 0 Å². The molecule has 0 aliphatic rings. The second kappa shape index (κ2) is 6.98. The van der Waals surface area contributed by atoms with Crippen LogP contribution < -0.4 is 0 Å². The van der Waals surface area contributed by atoms with Gasteiger partial charge < -0.3 is 14.3 Å². The Morgan fingerprint density at radius 2 is 1.69 bits per heavy atom. The zero-order valence-corrected chi connectivity index (χ0v) is 9.95. The predicted molar refractivity (Wildman–Crippen MR) is 56.7 cm³/mol. The number of hydrogen-bond acceptors (Lipinski definition) is 5. The molecule has 0 aromatic carbocycles. The van der Waals surface area contributed by atoms with E-state index in [1.54, 1.807) is 20.8 Å². The summed E-state index contributed by atoms with van der Waals surface area (Å²) in [7, 11) is 0. The Labute approximate surface area is 95.1 Å². The summed E-state index contributed by atoms with van der Waals surface area (Å²) < 4.78 is 9.51. The molecule has 0 saturated heterocycles. The van der Waals surface area contributed by atoms with Crippen molar-refractivity contribution < 1.29 is 23.9 Å². The molecule has 5 heteroatoms. The predicted octanol–water partition coefficient (Wildman–Crippen LogP) is 1.10. The molecule has 0 saturated carbocycles. The zero-order chi connectivity index (χ0) is 12.6. The molecule has 0 heterocycles. The lowest BCUT2D eigenvalue weighted by atomic mass is 9.83. The van der Waals surface area contributed by atoms with E-state index in [1.165, 1.54) is 0 Å². The molecule has 0 aromatic rings. The SMILES string of the molecule is CCOC(=O)CC(C=O)(CC)C(=O)OCC. The first-order valence-electron chi connectivity index (χ1n) is 5.35. The van der Waals surface area contributed by atoms with E-state index in [0.717, 1.165) is 0 Å². The summed E-state index contributed by atoms with van der Waals surface area (Å²) in [6.07, 6.45) is 0.426. The van der Waals surface area contributed by atoms with Crippen molar-refractivity contribution in [3.8, 4) is 0 Å². The Hall–Kier alpha value is -1.39. The van der Waals surface area contributed by atoms with Gasteiger partial charge in [-0.25, -0.2) is 0 Å². The van der Waals surface area contributed by atoms with Crippen LogP contribution in [0, 0.1) is 5.41 Å². The van der Waals surface area contributed by atoms with E-state index in [2.05, 4.69) is 0 Å². The van der Waals surface area contributed by atoms with Gasteiger partial charge in [0.25, 0.3) is 0 Å². The van der Waals surface area contributed by atoms with Gasteiger partial charge in [-0.1, -0.05) is 6.92 Å². The van der Waals surface area contributed by atoms with E-state index < -0.39 is 17.4 Å². The Kier molecular flexibility index (Phi) is 6.37. The molecule has 0 fully saturated rings. The third-order valence-corrected chi connectivity index (χ3v) is 2.30. The second-order valence-electron chi connectivity index (χ2n) is 3.33. The molecule has 0 amide bonds. The summed E-state index contributed by atoms with van der Waals surface area (Å²) >= 11 is 0. The fourth-order valence-corrected chi connectivity index (χ4v) is 1.26. The summed E-state index contributed by atoms with van der Waals surface area (Å²) in [6.45, 7) is 5.37. The van der Waals surface area contributed by atoms with E-state index >= 15 is 0 Å². The first-order chi connectivity index (χ1) is 7.56. The average Bonchev–Trinajstić information content (AvgIpc) is 2.26. The van der Waals surface area contributed by atoms with Crippen LogP contribution in [0.1, 0.15) is 33.6 Å². The van der Waals surface area contributed by atoms with Crippen LogP contribution in [-0.4, -0.2) is 31.4 Å².